The first kappa shape index (κ1) is 35.7. The average molecular weight is 830 g/mol. The second-order valence-electron chi connectivity index (χ2n) is 16.7. The van der Waals surface area contributed by atoms with E-state index < -0.39 is 0 Å². The van der Waals surface area contributed by atoms with E-state index in [9.17, 15) is 0 Å². The van der Waals surface area contributed by atoms with Gasteiger partial charge in [-0.1, -0.05) is 152 Å². The molecule has 302 valence electrons. The van der Waals surface area contributed by atoms with Gasteiger partial charge in [-0.15, -0.1) is 0 Å². The third kappa shape index (κ3) is 5.31. The Morgan fingerprint density at radius 3 is 1.72 bits per heavy atom. The van der Waals surface area contributed by atoms with Crippen molar-refractivity contribution >= 4 is 87.1 Å². The van der Waals surface area contributed by atoms with Crippen LogP contribution < -0.4 is 0 Å². The van der Waals surface area contributed by atoms with E-state index in [1.165, 1.54) is 10.8 Å². The molecule has 6 nitrogen and oxygen atoms in total. The monoisotopic (exact) mass is 829 g/mol. The van der Waals surface area contributed by atoms with Crippen molar-refractivity contribution in [1.82, 2.24) is 24.1 Å². The third-order valence-electron chi connectivity index (χ3n) is 13.1. The normalized spacial score (nSPS) is 12.0. The highest BCUT2D eigenvalue weighted by Gasteiger charge is 2.26. The molecule has 0 aliphatic carbocycles. The summed E-state index contributed by atoms with van der Waals surface area (Å²) < 4.78 is 11.7. The van der Waals surface area contributed by atoms with Crippen molar-refractivity contribution in [3.63, 3.8) is 0 Å². The van der Waals surface area contributed by atoms with Gasteiger partial charge in [0.25, 0.3) is 0 Å². The van der Waals surface area contributed by atoms with Gasteiger partial charge < -0.3 is 13.6 Å². The molecule has 0 aliphatic heterocycles. The molecule has 0 radical (unpaired) electrons. The van der Waals surface area contributed by atoms with Crippen molar-refractivity contribution in [1.29, 1.82) is 0 Å². The number of aromatic nitrogens is 5. The Balaban J connectivity index is 1.15. The van der Waals surface area contributed by atoms with Gasteiger partial charge in [-0.2, -0.15) is 0 Å². The van der Waals surface area contributed by atoms with Crippen molar-refractivity contribution < 1.29 is 4.42 Å². The highest BCUT2D eigenvalue weighted by Crippen LogP contribution is 2.44. The molecule has 0 aliphatic rings. The molecule has 14 aromatic rings. The largest absolute Gasteiger partial charge is 0.455 e. The number of para-hydroxylation sites is 5. The quantitative estimate of drug-likeness (QED) is 0.173. The van der Waals surface area contributed by atoms with Gasteiger partial charge in [0.2, 0.25) is 0 Å². The van der Waals surface area contributed by atoms with Crippen LogP contribution in [0.15, 0.2) is 217 Å². The van der Waals surface area contributed by atoms with Crippen LogP contribution in [0.2, 0.25) is 0 Å². The Morgan fingerprint density at radius 1 is 0.338 bits per heavy atom. The van der Waals surface area contributed by atoms with Gasteiger partial charge in [-0.05, 0) is 82.2 Å². The summed E-state index contributed by atoms with van der Waals surface area (Å²) in [5.74, 6) is 1.66. The second-order valence-corrected chi connectivity index (χ2v) is 16.7. The molecule has 0 spiro atoms. The van der Waals surface area contributed by atoms with Crippen molar-refractivity contribution in [2.75, 3.05) is 0 Å². The molecule has 10 aromatic carbocycles. The predicted molar refractivity (Wildman–Crippen MR) is 267 cm³/mol. The van der Waals surface area contributed by atoms with Crippen LogP contribution in [0.25, 0.3) is 133 Å². The maximum Gasteiger partial charge on any atom is 0.170 e. The maximum absolute atomic E-state index is 7.00. The summed E-state index contributed by atoms with van der Waals surface area (Å²) in [4.78, 5) is 16.7. The molecular weight excluding hydrogens is 795 g/mol. The molecule has 14 rings (SSSR count). The molecule has 0 atom stereocenters. The lowest BCUT2D eigenvalue weighted by molar-refractivity contribution is 0.669. The number of nitrogens with zero attached hydrogens (tertiary/aromatic N) is 5. The van der Waals surface area contributed by atoms with E-state index in [2.05, 4.69) is 209 Å². The van der Waals surface area contributed by atoms with E-state index in [1.54, 1.807) is 0 Å². The molecule has 0 saturated heterocycles. The van der Waals surface area contributed by atoms with Gasteiger partial charge in [0, 0.05) is 49.1 Å². The fraction of sp³-hybridized carbons (Fsp3) is 0. The second kappa shape index (κ2) is 13.8. The minimum atomic E-state index is 0.517. The van der Waals surface area contributed by atoms with Crippen molar-refractivity contribution in [2.24, 2.45) is 0 Å². The maximum atomic E-state index is 7.00. The minimum absolute atomic E-state index is 0.517. The highest BCUT2D eigenvalue weighted by atomic mass is 16.3. The van der Waals surface area contributed by atoms with Crippen LogP contribution in [0.5, 0.6) is 0 Å². The molecule has 0 bridgehead atoms. The van der Waals surface area contributed by atoms with Crippen LogP contribution in [0.4, 0.5) is 0 Å². The van der Waals surface area contributed by atoms with Crippen LogP contribution in [0.1, 0.15) is 0 Å². The first-order chi connectivity index (χ1) is 32.2. The highest BCUT2D eigenvalue weighted by molar-refractivity contribution is 6.17. The summed E-state index contributed by atoms with van der Waals surface area (Å²) >= 11 is 0. The molecule has 0 amide bonds. The van der Waals surface area contributed by atoms with Crippen molar-refractivity contribution in [3.8, 4) is 45.5 Å². The summed E-state index contributed by atoms with van der Waals surface area (Å²) in [5, 5.41) is 11.2. The van der Waals surface area contributed by atoms with Gasteiger partial charge in [0.1, 0.15) is 11.2 Å². The van der Waals surface area contributed by atoms with Crippen molar-refractivity contribution in [2.45, 2.75) is 0 Å². The van der Waals surface area contributed by atoms with E-state index in [4.69, 9.17) is 19.4 Å². The first-order valence-corrected chi connectivity index (χ1v) is 21.9. The molecule has 4 aromatic heterocycles. The zero-order valence-electron chi connectivity index (χ0n) is 34.9. The van der Waals surface area contributed by atoms with Gasteiger partial charge in [-0.3, -0.25) is 0 Å². The fourth-order valence-corrected chi connectivity index (χ4v) is 10.3. The predicted octanol–water partition coefficient (Wildman–Crippen LogP) is 15.3. The van der Waals surface area contributed by atoms with E-state index in [0.717, 1.165) is 98.8 Å². The first-order valence-electron chi connectivity index (χ1n) is 21.9. The van der Waals surface area contributed by atoms with Crippen LogP contribution in [0.3, 0.4) is 0 Å². The molecule has 0 N–H and O–H groups in total. The number of furan rings is 1. The summed E-state index contributed by atoms with van der Waals surface area (Å²) in [6.07, 6.45) is 0. The lowest BCUT2D eigenvalue weighted by Crippen LogP contribution is -2.05. The van der Waals surface area contributed by atoms with E-state index in [0.29, 0.717) is 23.1 Å². The fourth-order valence-electron chi connectivity index (χ4n) is 10.3. The summed E-state index contributed by atoms with van der Waals surface area (Å²) in [6.45, 7) is 0. The topological polar surface area (TPSA) is 61.7 Å². The molecule has 65 heavy (non-hydrogen) atoms. The standard InChI is InChI=1S/C59H35N5O/c1-2-20-39(21-3-1)63-49-29-11-8-23-41(49)44-26-15-28-47(55(44)63)58-60-57(46-27-14-19-36-16-6-7-22-40(36)46)61-59(62-58)54-51(33-32-45-43-25-10-13-31-53(43)65-56(45)54)64-50-30-12-9-24-42(50)48-34-37-17-4-5-18-38(37)35-52(48)64/h1-35H. The zero-order valence-corrected chi connectivity index (χ0v) is 34.9. The number of hydrogen-bond acceptors (Lipinski definition) is 4. The Labute approximate surface area is 371 Å². The van der Waals surface area contributed by atoms with Gasteiger partial charge in [-0.25, -0.2) is 15.0 Å². The summed E-state index contributed by atoms with van der Waals surface area (Å²) in [5.41, 5.74) is 10.4. The molecule has 0 fully saturated rings. The molecule has 4 heterocycles. The zero-order chi connectivity index (χ0) is 42.6. The molecule has 0 unspecified atom stereocenters. The average Bonchev–Trinajstić information content (AvgIpc) is 4.03. The Morgan fingerprint density at radius 2 is 0.908 bits per heavy atom. The molecule has 6 heteroatoms. The van der Waals surface area contributed by atoms with Crippen LogP contribution in [0, 0.1) is 0 Å². The lowest BCUT2D eigenvalue weighted by atomic mass is 10.0. The van der Waals surface area contributed by atoms with E-state index >= 15 is 0 Å². The Hall–Kier alpha value is -8.87. The Kier molecular flexibility index (Phi) is 7.59. The van der Waals surface area contributed by atoms with Gasteiger partial charge in [0.15, 0.2) is 17.5 Å². The summed E-state index contributed by atoms with van der Waals surface area (Å²) in [6, 6.07) is 74.9. The number of benzene rings is 10. The number of hydrogen-bond donors (Lipinski definition) is 0. The lowest BCUT2D eigenvalue weighted by Gasteiger charge is -2.16. The molecule has 0 saturated carbocycles. The SMILES string of the molecule is c1ccc(-n2c3ccccc3c3cccc(-c4nc(-c5cccc6ccccc56)nc(-c5c(-n6c7ccccc7c7cc8ccccc8cc76)ccc6c5oc5ccccc56)n4)c32)cc1. The summed E-state index contributed by atoms with van der Waals surface area (Å²) in [7, 11) is 0. The van der Waals surface area contributed by atoms with E-state index in [1.807, 2.05) is 12.1 Å². The van der Waals surface area contributed by atoms with Crippen molar-refractivity contribution in [3.05, 3.63) is 212 Å². The van der Waals surface area contributed by atoms with Crippen LogP contribution >= 0.6 is 0 Å². The van der Waals surface area contributed by atoms with Crippen LogP contribution in [-0.2, 0) is 0 Å². The smallest absolute Gasteiger partial charge is 0.170 e. The van der Waals surface area contributed by atoms with Crippen LogP contribution in [-0.4, -0.2) is 24.1 Å². The number of rotatable bonds is 5. The van der Waals surface area contributed by atoms with E-state index in [-0.39, 0.29) is 0 Å². The van der Waals surface area contributed by atoms with Gasteiger partial charge in [0.05, 0.1) is 33.3 Å². The number of fused-ring (bicyclic) bond motifs is 11. The Bertz CT molecular complexity index is 4250. The molecular formula is C59H35N5O. The van der Waals surface area contributed by atoms with Gasteiger partial charge >= 0.3 is 0 Å². The third-order valence-corrected chi connectivity index (χ3v) is 13.1. The minimum Gasteiger partial charge on any atom is -0.455 e.